The van der Waals surface area contributed by atoms with Crippen LogP contribution < -0.4 is 5.73 Å². The van der Waals surface area contributed by atoms with Gasteiger partial charge in [-0.25, -0.2) is 0 Å². The van der Waals surface area contributed by atoms with Gasteiger partial charge in [-0.05, 0) is 13.0 Å². The standard InChI is InChI=1S/C12H16ClN3O4/c1-7(6-20-3)15(2)12(17)8-4-9(13)11(14)10(5-8)16(18)19/h4-5,7H,6,14H2,1-3H3. The number of anilines is 1. The van der Waals surface area contributed by atoms with E-state index in [0.29, 0.717) is 6.61 Å². The lowest BCUT2D eigenvalue weighted by Gasteiger charge is -2.24. The molecule has 0 fully saturated rings. The molecular formula is C12H16ClN3O4. The van der Waals surface area contributed by atoms with E-state index in [4.69, 9.17) is 22.1 Å². The number of hydrogen-bond donors (Lipinski definition) is 1. The van der Waals surface area contributed by atoms with Crippen molar-refractivity contribution in [2.24, 2.45) is 0 Å². The van der Waals surface area contributed by atoms with Gasteiger partial charge < -0.3 is 15.4 Å². The van der Waals surface area contributed by atoms with Crippen molar-refractivity contribution in [2.75, 3.05) is 26.5 Å². The maximum absolute atomic E-state index is 12.2. The number of nitrogen functional groups attached to an aromatic ring is 1. The number of amides is 1. The number of carbonyl (C=O) groups excluding carboxylic acids is 1. The molecule has 8 heteroatoms. The van der Waals surface area contributed by atoms with Crippen LogP contribution in [-0.2, 0) is 4.74 Å². The summed E-state index contributed by atoms with van der Waals surface area (Å²) in [7, 11) is 3.11. The zero-order valence-electron chi connectivity index (χ0n) is 11.4. The first kappa shape index (κ1) is 16.2. The number of carbonyl (C=O) groups is 1. The highest BCUT2D eigenvalue weighted by molar-refractivity contribution is 6.34. The Bertz CT molecular complexity index is 536. The highest BCUT2D eigenvalue weighted by atomic mass is 35.5. The van der Waals surface area contributed by atoms with E-state index in [-0.39, 0.29) is 33.9 Å². The summed E-state index contributed by atoms with van der Waals surface area (Å²) in [6, 6.07) is 2.27. The van der Waals surface area contributed by atoms with Crippen molar-refractivity contribution in [2.45, 2.75) is 13.0 Å². The van der Waals surface area contributed by atoms with Gasteiger partial charge in [0.1, 0.15) is 5.69 Å². The van der Waals surface area contributed by atoms with Crippen molar-refractivity contribution in [1.82, 2.24) is 4.90 Å². The summed E-state index contributed by atoms with van der Waals surface area (Å²) < 4.78 is 4.97. The third kappa shape index (κ3) is 3.37. The lowest BCUT2D eigenvalue weighted by molar-refractivity contribution is -0.383. The van der Waals surface area contributed by atoms with Crippen LogP contribution in [-0.4, -0.2) is 42.5 Å². The lowest BCUT2D eigenvalue weighted by atomic mass is 10.1. The number of benzene rings is 1. The minimum absolute atomic E-state index is 0.0182. The Morgan fingerprint density at radius 3 is 2.70 bits per heavy atom. The number of nitro groups is 1. The maximum atomic E-state index is 12.2. The van der Waals surface area contributed by atoms with E-state index in [1.807, 2.05) is 0 Å². The normalized spacial score (nSPS) is 12.0. The summed E-state index contributed by atoms with van der Waals surface area (Å²) >= 11 is 5.83. The first-order valence-electron chi connectivity index (χ1n) is 5.79. The molecule has 0 bridgehead atoms. The summed E-state index contributed by atoms with van der Waals surface area (Å²) in [6.07, 6.45) is 0. The highest BCUT2D eigenvalue weighted by Gasteiger charge is 2.23. The fraction of sp³-hybridized carbons (Fsp3) is 0.417. The molecule has 1 rings (SSSR count). The van der Waals surface area contributed by atoms with Gasteiger partial charge in [0.15, 0.2) is 0 Å². The summed E-state index contributed by atoms with van der Waals surface area (Å²) in [4.78, 5) is 23.9. The molecule has 0 spiro atoms. The number of rotatable bonds is 5. The number of ether oxygens (including phenoxy) is 1. The molecule has 0 aliphatic rings. The van der Waals surface area contributed by atoms with Crippen LogP contribution in [0.4, 0.5) is 11.4 Å². The number of methoxy groups -OCH3 is 1. The van der Waals surface area contributed by atoms with Crippen molar-refractivity contribution in [3.05, 3.63) is 32.8 Å². The van der Waals surface area contributed by atoms with Gasteiger partial charge in [-0.2, -0.15) is 0 Å². The minimum Gasteiger partial charge on any atom is -0.392 e. The maximum Gasteiger partial charge on any atom is 0.294 e. The predicted molar refractivity (Wildman–Crippen MR) is 76.0 cm³/mol. The zero-order valence-corrected chi connectivity index (χ0v) is 12.2. The molecule has 0 saturated heterocycles. The smallest absolute Gasteiger partial charge is 0.294 e. The molecule has 0 saturated carbocycles. The topological polar surface area (TPSA) is 98.7 Å². The molecule has 1 aromatic rings. The van der Waals surface area contributed by atoms with Crippen LogP contribution in [0.15, 0.2) is 12.1 Å². The average Bonchev–Trinajstić information content (AvgIpc) is 2.39. The van der Waals surface area contributed by atoms with Crippen LogP contribution in [0.5, 0.6) is 0 Å². The molecule has 0 radical (unpaired) electrons. The molecule has 0 aliphatic heterocycles. The molecule has 20 heavy (non-hydrogen) atoms. The van der Waals surface area contributed by atoms with Gasteiger partial charge in [-0.15, -0.1) is 0 Å². The van der Waals surface area contributed by atoms with Crippen molar-refractivity contribution in [3.63, 3.8) is 0 Å². The molecule has 1 aromatic carbocycles. The van der Waals surface area contributed by atoms with E-state index in [1.165, 1.54) is 18.1 Å². The second-order valence-corrected chi connectivity index (χ2v) is 4.78. The van der Waals surface area contributed by atoms with Gasteiger partial charge in [0, 0.05) is 25.8 Å². The number of likely N-dealkylation sites (N-methyl/N-ethyl adjacent to an activating group) is 1. The molecule has 7 nitrogen and oxygen atoms in total. The minimum atomic E-state index is -0.670. The molecular weight excluding hydrogens is 286 g/mol. The third-order valence-corrected chi connectivity index (χ3v) is 3.25. The fourth-order valence-corrected chi connectivity index (χ4v) is 1.85. The molecule has 1 atom stereocenters. The Balaban J connectivity index is 3.14. The monoisotopic (exact) mass is 301 g/mol. The van der Waals surface area contributed by atoms with Gasteiger partial charge in [-0.3, -0.25) is 14.9 Å². The average molecular weight is 302 g/mol. The van der Waals surface area contributed by atoms with Crippen LogP contribution in [0.3, 0.4) is 0 Å². The summed E-state index contributed by atoms with van der Waals surface area (Å²) in [6.45, 7) is 2.15. The fourth-order valence-electron chi connectivity index (χ4n) is 1.63. The van der Waals surface area contributed by atoms with Gasteiger partial charge in [-0.1, -0.05) is 11.6 Å². The number of nitro benzene ring substituents is 1. The van der Waals surface area contributed by atoms with E-state index >= 15 is 0 Å². The first-order valence-corrected chi connectivity index (χ1v) is 6.16. The second kappa shape index (κ2) is 6.53. The number of nitrogens with two attached hydrogens (primary N) is 1. The SMILES string of the molecule is COCC(C)N(C)C(=O)c1cc(Cl)c(N)c([N+](=O)[O-])c1. The Morgan fingerprint density at radius 1 is 1.60 bits per heavy atom. The zero-order chi connectivity index (χ0) is 15.4. The quantitative estimate of drug-likeness (QED) is 0.509. The summed E-state index contributed by atoms with van der Waals surface area (Å²) in [5.74, 6) is -0.389. The van der Waals surface area contributed by atoms with Gasteiger partial charge in [0.2, 0.25) is 0 Å². The van der Waals surface area contributed by atoms with Gasteiger partial charge >= 0.3 is 0 Å². The van der Waals surface area contributed by atoms with Crippen molar-refractivity contribution in [1.29, 1.82) is 0 Å². The Kier molecular flexibility index (Phi) is 5.29. The van der Waals surface area contributed by atoms with Crippen molar-refractivity contribution in [3.8, 4) is 0 Å². The van der Waals surface area contributed by atoms with E-state index < -0.39 is 4.92 Å². The summed E-state index contributed by atoms with van der Waals surface area (Å²) in [5, 5.41) is 10.9. The van der Waals surface area contributed by atoms with Crippen molar-refractivity contribution < 1.29 is 14.5 Å². The van der Waals surface area contributed by atoms with E-state index in [1.54, 1.807) is 14.0 Å². The summed E-state index contributed by atoms with van der Waals surface area (Å²) in [5.41, 5.74) is 5.10. The highest BCUT2D eigenvalue weighted by Crippen LogP contribution is 2.31. The molecule has 2 N–H and O–H groups in total. The van der Waals surface area contributed by atoms with Crippen molar-refractivity contribution >= 4 is 28.9 Å². The Labute approximate surface area is 121 Å². The van der Waals surface area contributed by atoms with E-state index in [2.05, 4.69) is 0 Å². The van der Waals surface area contributed by atoms with E-state index in [9.17, 15) is 14.9 Å². The van der Waals surface area contributed by atoms with Crippen LogP contribution in [0.1, 0.15) is 17.3 Å². The Hall–Kier alpha value is -1.86. The van der Waals surface area contributed by atoms with E-state index in [0.717, 1.165) is 6.07 Å². The van der Waals surface area contributed by atoms with Gasteiger partial charge in [0.05, 0.1) is 22.6 Å². The number of hydrogen-bond acceptors (Lipinski definition) is 5. The number of halogens is 1. The van der Waals surface area contributed by atoms with Gasteiger partial charge in [0.25, 0.3) is 11.6 Å². The molecule has 0 aromatic heterocycles. The molecule has 1 unspecified atom stereocenters. The van der Waals surface area contributed by atoms with Crippen LogP contribution in [0, 0.1) is 10.1 Å². The first-order chi connectivity index (χ1) is 9.29. The van der Waals surface area contributed by atoms with Crippen LogP contribution in [0.2, 0.25) is 5.02 Å². The largest absolute Gasteiger partial charge is 0.392 e. The molecule has 0 aliphatic carbocycles. The second-order valence-electron chi connectivity index (χ2n) is 4.37. The molecule has 110 valence electrons. The van der Waals surface area contributed by atoms with Crippen LogP contribution in [0.25, 0.3) is 0 Å². The number of nitrogens with zero attached hydrogens (tertiary/aromatic N) is 2. The van der Waals surface area contributed by atoms with Crippen LogP contribution >= 0.6 is 11.6 Å². The lowest BCUT2D eigenvalue weighted by Crippen LogP contribution is -2.37. The third-order valence-electron chi connectivity index (χ3n) is 2.94. The molecule has 1 amide bonds. The molecule has 0 heterocycles. The Morgan fingerprint density at radius 2 is 2.20 bits per heavy atom. The predicted octanol–water partition coefficient (Wildman–Crippen LogP) is 1.94.